The number of aromatic amines is 1. The second-order valence-corrected chi connectivity index (χ2v) is 4.62. The number of hydrogen-bond donors (Lipinski definition) is 4. The summed E-state index contributed by atoms with van der Waals surface area (Å²) < 4.78 is 0. The van der Waals surface area contributed by atoms with E-state index in [-0.39, 0.29) is 32.3 Å². The zero-order valence-corrected chi connectivity index (χ0v) is 11.4. The molecule has 0 fully saturated rings. The molecule has 0 bridgehead atoms. The van der Waals surface area contributed by atoms with Crippen molar-refractivity contribution in [2.45, 2.75) is 6.92 Å². The summed E-state index contributed by atoms with van der Waals surface area (Å²) >= 11 is 0. The molecule has 2 rings (SSSR count). The molecule has 2 amide bonds. The minimum Gasteiger partial charge on any atom is -0.395 e. The maximum Gasteiger partial charge on any atom is 0.321 e. The predicted molar refractivity (Wildman–Crippen MR) is 77.8 cm³/mol. The predicted octanol–water partition coefficient (Wildman–Crippen LogP) is 1.29. The van der Waals surface area contributed by atoms with Crippen LogP contribution in [0.4, 0.5) is 10.5 Å². The molecule has 0 spiro atoms. The van der Waals surface area contributed by atoms with Crippen LogP contribution < -0.4 is 5.32 Å². The van der Waals surface area contributed by atoms with Crippen LogP contribution in [0.2, 0.25) is 0 Å². The van der Waals surface area contributed by atoms with Gasteiger partial charge in [0.25, 0.3) is 0 Å². The summed E-state index contributed by atoms with van der Waals surface area (Å²) in [5.74, 6) is 0. The van der Waals surface area contributed by atoms with E-state index in [2.05, 4.69) is 10.3 Å². The van der Waals surface area contributed by atoms with Crippen molar-refractivity contribution in [2.75, 3.05) is 31.6 Å². The van der Waals surface area contributed by atoms with Crippen molar-refractivity contribution in [3.05, 3.63) is 30.0 Å². The Labute approximate surface area is 117 Å². The molecule has 1 aromatic carbocycles. The molecule has 20 heavy (non-hydrogen) atoms. The first-order valence-corrected chi connectivity index (χ1v) is 6.51. The molecule has 0 radical (unpaired) electrons. The van der Waals surface area contributed by atoms with Crippen molar-refractivity contribution < 1.29 is 15.0 Å². The van der Waals surface area contributed by atoms with E-state index >= 15 is 0 Å². The van der Waals surface area contributed by atoms with Crippen LogP contribution in [-0.4, -0.2) is 52.4 Å². The van der Waals surface area contributed by atoms with Crippen LogP contribution in [0.1, 0.15) is 5.69 Å². The van der Waals surface area contributed by atoms with E-state index in [0.29, 0.717) is 5.69 Å². The maximum atomic E-state index is 12.0. The third kappa shape index (κ3) is 3.28. The Kier molecular flexibility index (Phi) is 4.60. The molecule has 0 aliphatic rings. The van der Waals surface area contributed by atoms with E-state index in [1.54, 1.807) is 0 Å². The van der Waals surface area contributed by atoms with Gasteiger partial charge >= 0.3 is 6.03 Å². The summed E-state index contributed by atoms with van der Waals surface area (Å²) in [6.45, 7) is 2.09. The van der Waals surface area contributed by atoms with Gasteiger partial charge in [0, 0.05) is 35.4 Å². The lowest BCUT2D eigenvalue weighted by atomic mass is 10.2. The highest BCUT2D eigenvalue weighted by atomic mass is 16.3. The molecule has 1 aromatic heterocycles. The Balaban J connectivity index is 2.11. The SMILES string of the molecule is Cc1cc2cc(NC(=O)N(CCO)CCO)ccc2[nH]1. The van der Waals surface area contributed by atoms with Crippen LogP contribution in [0, 0.1) is 6.92 Å². The standard InChI is InChI=1S/C14H19N3O3/c1-10-8-11-9-12(2-3-13(11)15-10)16-14(20)17(4-6-18)5-7-19/h2-3,8-9,15,18-19H,4-7H2,1H3,(H,16,20). The number of benzene rings is 1. The van der Waals surface area contributed by atoms with Crippen molar-refractivity contribution in [2.24, 2.45) is 0 Å². The van der Waals surface area contributed by atoms with Crippen LogP contribution >= 0.6 is 0 Å². The molecule has 0 aliphatic heterocycles. The first-order valence-electron chi connectivity index (χ1n) is 6.51. The van der Waals surface area contributed by atoms with Crippen molar-refractivity contribution in [3.8, 4) is 0 Å². The Bertz CT molecular complexity index is 588. The molecule has 0 aliphatic carbocycles. The Morgan fingerprint density at radius 3 is 2.60 bits per heavy atom. The number of H-pyrrole nitrogens is 1. The number of rotatable bonds is 5. The fourth-order valence-corrected chi connectivity index (χ4v) is 2.11. The number of aliphatic hydroxyl groups excluding tert-OH is 2. The number of amides is 2. The largest absolute Gasteiger partial charge is 0.395 e. The van der Waals surface area contributed by atoms with Crippen LogP contribution in [0.5, 0.6) is 0 Å². The number of anilines is 1. The summed E-state index contributed by atoms with van der Waals surface area (Å²) in [7, 11) is 0. The molecule has 6 heteroatoms. The van der Waals surface area contributed by atoms with Crippen molar-refractivity contribution in [3.63, 3.8) is 0 Å². The fourth-order valence-electron chi connectivity index (χ4n) is 2.11. The summed E-state index contributed by atoms with van der Waals surface area (Å²) in [5, 5.41) is 21.6. The zero-order chi connectivity index (χ0) is 14.5. The van der Waals surface area contributed by atoms with Crippen LogP contribution in [0.25, 0.3) is 10.9 Å². The average molecular weight is 277 g/mol. The summed E-state index contributed by atoms with van der Waals surface area (Å²) in [6.07, 6.45) is 0. The molecule has 2 aromatic rings. The Morgan fingerprint density at radius 2 is 1.95 bits per heavy atom. The fraction of sp³-hybridized carbons (Fsp3) is 0.357. The first-order chi connectivity index (χ1) is 9.63. The van der Waals surface area contributed by atoms with Gasteiger partial charge in [-0.25, -0.2) is 4.79 Å². The van der Waals surface area contributed by atoms with Gasteiger partial charge in [-0.05, 0) is 31.2 Å². The van der Waals surface area contributed by atoms with E-state index in [1.807, 2.05) is 31.2 Å². The lowest BCUT2D eigenvalue weighted by Crippen LogP contribution is -2.38. The molecule has 4 N–H and O–H groups in total. The summed E-state index contributed by atoms with van der Waals surface area (Å²) in [4.78, 5) is 16.6. The van der Waals surface area contributed by atoms with Gasteiger partial charge in [-0.1, -0.05) is 0 Å². The third-order valence-corrected chi connectivity index (χ3v) is 3.03. The maximum absolute atomic E-state index is 12.0. The highest BCUT2D eigenvalue weighted by molar-refractivity contribution is 5.93. The monoisotopic (exact) mass is 277 g/mol. The topological polar surface area (TPSA) is 88.6 Å². The first kappa shape index (κ1) is 14.4. The van der Waals surface area contributed by atoms with E-state index in [1.165, 1.54) is 4.90 Å². The minimum atomic E-state index is -0.334. The number of hydrogen-bond acceptors (Lipinski definition) is 3. The number of carbonyl (C=O) groups excluding carboxylic acids is 1. The molecule has 6 nitrogen and oxygen atoms in total. The van der Waals surface area contributed by atoms with Gasteiger partial charge in [-0.2, -0.15) is 0 Å². The van der Waals surface area contributed by atoms with Crippen molar-refractivity contribution in [1.82, 2.24) is 9.88 Å². The van der Waals surface area contributed by atoms with E-state index < -0.39 is 0 Å². The van der Waals surface area contributed by atoms with E-state index in [9.17, 15) is 4.79 Å². The summed E-state index contributed by atoms with van der Waals surface area (Å²) in [5.41, 5.74) is 2.76. The molecule has 0 atom stereocenters. The van der Waals surface area contributed by atoms with Crippen LogP contribution in [0.3, 0.4) is 0 Å². The molecule has 0 saturated heterocycles. The van der Waals surface area contributed by atoms with Crippen LogP contribution in [0.15, 0.2) is 24.3 Å². The molecule has 0 saturated carbocycles. The van der Waals surface area contributed by atoms with Gasteiger partial charge in [0.1, 0.15) is 0 Å². The van der Waals surface area contributed by atoms with Crippen molar-refractivity contribution in [1.29, 1.82) is 0 Å². The van der Waals surface area contributed by atoms with Gasteiger partial charge in [-0.3, -0.25) is 0 Å². The molecule has 108 valence electrons. The minimum absolute atomic E-state index is 0.135. The highest BCUT2D eigenvalue weighted by Gasteiger charge is 2.12. The van der Waals surface area contributed by atoms with E-state index in [4.69, 9.17) is 10.2 Å². The number of fused-ring (bicyclic) bond motifs is 1. The number of aliphatic hydroxyl groups is 2. The Morgan fingerprint density at radius 1 is 1.25 bits per heavy atom. The normalized spacial score (nSPS) is 10.8. The third-order valence-electron chi connectivity index (χ3n) is 3.03. The lowest BCUT2D eigenvalue weighted by molar-refractivity contribution is 0.167. The van der Waals surface area contributed by atoms with Crippen LogP contribution in [-0.2, 0) is 0 Å². The lowest BCUT2D eigenvalue weighted by Gasteiger charge is -2.21. The molecular weight excluding hydrogens is 258 g/mol. The van der Waals surface area contributed by atoms with Gasteiger partial charge < -0.3 is 25.4 Å². The summed E-state index contributed by atoms with van der Waals surface area (Å²) in [6, 6.07) is 7.27. The van der Waals surface area contributed by atoms with Gasteiger partial charge in [0.05, 0.1) is 13.2 Å². The van der Waals surface area contributed by atoms with Crippen molar-refractivity contribution >= 4 is 22.6 Å². The molecule has 0 unspecified atom stereocenters. The highest BCUT2D eigenvalue weighted by Crippen LogP contribution is 2.20. The number of carbonyl (C=O) groups is 1. The van der Waals surface area contributed by atoms with Gasteiger partial charge in [-0.15, -0.1) is 0 Å². The van der Waals surface area contributed by atoms with Gasteiger partial charge in [0.15, 0.2) is 0 Å². The second-order valence-electron chi connectivity index (χ2n) is 4.62. The number of urea groups is 1. The second kappa shape index (κ2) is 6.40. The zero-order valence-electron chi connectivity index (χ0n) is 11.4. The molecular formula is C14H19N3O3. The number of aromatic nitrogens is 1. The van der Waals surface area contributed by atoms with Gasteiger partial charge in [0.2, 0.25) is 0 Å². The Hall–Kier alpha value is -2.05. The quantitative estimate of drug-likeness (QED) is 0.664. The van der Waals surface area contributed by atoms with E-state index in [0.717, 1.165) is 16.6 Å². The average Bonchev–Trinajstić information content (AvgIpc) is 2.77. The number of nitrogens with one attached hydrogen (secondary N) is 2. The number of nitrogens with zero attached hydrogens (tertiary/aromatic N) is 1. The number of aryl methyl sites for hydroxylation is 1. The molecule has 1 heterocycles. The smallest absolute Gasteiger partial charge is 0.321 e.